The lowest BCUT2D eigenvalue weighted by atomic mass is 9.83. The van der Waals surface area contributed by atoms with Crippen LogP contribution in [-0.2, 0) is 16.9 Å². The number of hydrogen-bond donors (Lipinski definition) is 2. The van der Waals surface area contributed by atoms with Gasteiger partial charge < -0.3 is 15.7 Å². The van der Waals surface area contributed by atoms with Gasteiger partial charge in [-0.05, 0) is 43.5 Å². The van der Waals surface area contributed by atoms with Crippen molar-refractivity contribution in [2.24, 2.45) is 10.7 Å². The number of aliphatic hydroxyl groups is 1. The van der Waals surface area contributed by atoms with Crippen LogP contribution >= 0.6 is 0 Å². The number of rotatable bonds is 4. The Morgan fingerprint density at radius 1 is 1.29 bits per heavy atom. The summed E-state index contributed by atoms with van der Waals surface area (Å²) in [5.74, 6) is 0.521. The number of amidine groups is 1. The van der Waals surface area contributed by atoms with E-state index in [1.54, 1.807) is 0 Å². The first-order chi connectivity index (χ1) is 11.4. The predicted molar refractivity (Wildman–Crippen MR) is 94.1 cm³/mol. The first-order valence-corrected chi connectivity index (χ1v) is 8.10. The lowest BCUT2D eigenvalue weighted by molar-refractivity contribution is -0.119. The molecular weight excluding hydrogens is 302 g/mol. The Bertz CT molecular complexity index is 761. The molecule has 1 aromatic rings. The number of fused-ring (bicyclic) bond motifs is 1. The molecule has 126 valence electrons. The minimum Gasteiger partial charge on any atom is -0.392 e. The molecule has 24 heavy (non-hydrogen) atoms. The van der Waals surface area contributed by atoms with Crippen LogP contribution in [0.4, 0.5) is 0 Å². The van der Waals surface area contributed by atoms with Gasteiger partial charge in [0.15, 0.2) is 0 Å². The topological polar surface area (TPSA) is 78.9 Å². The second kappa shape index (κ2) is 5.91. The lowest BCUT2D eigenvalue weighted by Crippen LogP contribution is -2.46. The minimum atomic E-state index is -0.575. The Balaban J connectivity index is 2.09. The first kappa shape index (κ1) is 16.5. The molecule has 2 atom stereocenters. The summed E-state index contributed by atoms with van der Waals surface area (Å²) in [4.78, 5) is 18.8. The van der Waals surface area contributed by atoms with Gasteiger partial charge in [-0.1, -0.05) is 30.3 Å². The van der Waals surface area contributed by atoms with Crippen molar-refractivity contribution in [3.8, 4) is 0 Å². The van der Waals surface area contributed by atoms with Gasteiger partial charge in [-0.15, -0.1) is 0 Å². The van der Waals surface area contributed by atoms with E-state index in [1.807, 2.05) is 50.3 Å². The van der Waals surface area contributed by atoms with Gasteiger partial charge in [-0.3, -0.25) is 9.79 Å². The van der Waals surface area contributed by atoms with E-state index in [9.17, 15) is 9.90 Å². The molecule has 2 heterocycles. The molecule has 1 aromatic carbocycles. The van der Waals surface area contributed by atoms with Crippen LogP contribution in [0.2, 0.25) is 0 Å². The molecule has 0 fully saturated rings. The van der Waals surface area contributed by atoms with Crippen molar-refractivity contribution < 1.29 is 9.90 Å². The van der Waals surface area contributed by atoms with Crippen LogP contribution in [0.5, 0.6) is 0 Å². The van der Waals surface area contributed by atoms with Crippen LogP contribution in [0.1, 0.15) is 38.3 Å². The van der Waals surface area contributed by atoms with Gasteiger partial charge in [0.1, 0.15) is 11.4 Å². The molecular formula is C19H23N3O2. The Labute approximate surface area is 142 Å². The Morgan fingerprint density at radius 3 is 2.54 bits per heavy atom. The molecule has 3 N–H and O–H groups in total. The molecule has 0 saturated carbocycles. The second-order valence-electron chi connectivity index (χ2n) is 6.63. The van der Waals surface area contributed by atoms with Crippen molar-refractivity contribution >= 4 is 11.7 Å². The number of primary amides is 1. The van der Waals surface area contributed by atoms with E-state index in [4.69, 9.17) is 10.7 Å². The zero-order chi connectivity index (χ0) is 17.5. The number of hydrogen-bond acceptors (Lipinski definition) is 4. The quantitative estimate of drug-likeness (QED) is 0.891. The molecule has 0 aromatic heterocycles. The van der Waals surface area contributed by atoms with Crippen molar-refractivity contribution in [1.82, 2.24) is 4.90 Å². The monoisotopic (exact) mass is 325 g/mol. The van der Waals surface area contributed by atoms with Crippen LogP contribution in [0.3, 0.4) is 0 Å². The van der Waals surface area contributed by atoms with E-state index in [-0.39, 0.29) is 25.0 Å². The summed E-state index contributed by atoms with van der Waals surface area (Å²) in [5, 5.41) is 9.25. The number of aliphatic imine (C=N–C) groups is 1. The van der Waals surface area contributed by atoms with Gasteiger partial charge >= 0.3 is 0 Å². The zero-order valence-corrected chi connectivity index (χ0v) is 14.3. The number of nitrogens with zero attached hydrogens (tertiary/aromatic N) is 2. The molecule has 5 heteroatoms. The summed E-state index contributed by atoms with van der Waals surface area (Å²) in [7, 11) is 0. The third kappa shape index (κ3) is 2.55. The molecule has 1 amide bonds. The van der Waals surface area contributed by atoms with Gasteiger partial charge in [-0.2, -0.15) is 0 Å². The normalized spacial score (nSPS) is 25.8. The minimum absolute atomic E-state index is 0.00608. The molecule has 0 saturated heterocycles. The SMILES string of the molecule is CC1=C(C)N2C(=NC(C)(c3ccc(CO)cc3)C2CC(N)=O)C=C1. The summed E-state index contributed by atoms with van der Waals surface area (Å²) in [6.45, 7) is 6.14. The number of carbonyl (C=O) groups excluding carboxylic acids is 1. The van der Waals surface area contributed by atoms with Crippen molar-refractivity contribution in [3.05, 3.63) is 58.8 Å². The number of benzene rings is 1. The van der Waals surface area contributed by atoms with Gasteiger partial charge in [0.2, 0.25) is 5.91 Å². The summed E-state index contributed by atoms with van der Waals surface area (Å²) >= 11 is 0. The molecule has 0 bridgehead atoms. The molecule has 2 unspecified atom stereocenters. The fourth-order valence-electron chi connectivity index (χ4n) is 3.50. The van der Waals surface area contributed by atoms with Crippen molar-refractivity contribution in [3.63, 3.8) is 0 Å². The Hall–Kier alpha value is -2.40. The van der Waals surface area contributed by atoms with Gasteiger partial charge in [0.05, 0.1) is 12.6 Å². The van der Waals surface area contributed by atoms with Gasteiger partial charge in [0, 0.05) is 12.1 Å². The number of allylic oxidation sites excluding steroid dienone is 3. The smallest absolute Gasteiger partial charge is 0.219 e. The van der Waals surface area contributed by atoms with E-state index in [0.717, 1.165) is 28.2 Å². The van der Waals surface area contributed by atoms with E-state index in [0.29, 0.717) is 0 Å². The third-order valence-electron chi connectivity index (χ3n) is 5.08. The van der Waals surface area contributed by atoms with Crippen molar-refractivity contribution in [2.45, 2.75) is 45.4 Å². The van der Waals surface area contributed by atoms with Crippen LogP contribution in [0, 0.1) is 0 Å². The van der Waals surface area contributed by atoms with Crippen LogP contribution < -0.4 is 5.73 Å². The van der Waals surface area contributed by atoms with Gasteiger partial charge in [0.25, 0.3) is 0 Å². The number of carbonyl (C=O) groups is 1. The Kier molecular flexibility index (Phi) is 4.05. The number of nitrogens with two attached hydrogens (primary N) is 1. The highest BCUT2D eigenvalue weighted by molar-refractivity contribution is 5.98. The largest absolute Gasteiger partial charge is 0.392 e. The number of aliphatic hydroxyl groups excluding tert-OH is 1. The van der Waals surface area contributed by atoms with E-state index >= 15 is 0 Å². The first-order valence-electron chi connectivity index (χ1n) is 8.10. The maximum atomic E-state index is 11.7. The van der Waals surface area contributed by atoms with Crippen molar-refractivity contribution in [2.75, 3.05) is 0 Å². The van der Waals surface area contributed by atoms with Crippen LogP contribution in [0.25, 0.3) is 0 Å². The Morgan fingerprint density at radius 2 is 1.96 bits per heavy atom. The fourth-order valence-corrected chi connectivity index (χ4v) is 3.50. The van der Waals surface area contributed by atoms with Gasteiger partial charge in [-0.25, -0.2) is 0 Å². The molecule has 0 aliphatic carbocycles. The van der Waals surface area contributed by atoms with Crippen molar-refractivity contribution in [1.29, 1.82) is 0 Å². The highest BCUT2D eigenvalue weighted by atomic mass is 16.3. The zero-order valence-electron chi connectivity index (χ0n) is 14.3. The van der Waals surface area contributed by atoms with E-state index in [2.05, 4.69) is 11.8 Å². The van der Waals surface area contributed by atoms with Crippen LogP contribution in [0.15, 0.2) is 52.7 Å². The molecule has 5 nitrogen and oxygen atoms in total. The van der Waals surface area contributed by atoms with Crippen LogP contribution in [-0.4, -0.2) is 27.8 Å². The lowest BCUT2D eigenvalue weighted by Gasteiger charge is -2.37. The number of amides is 1. The molecule has 0 spiro atoms. The predicted octanol–water partition coefficient (Wildman–Crippen LogP) is 2.22. The summed E-state index contributed by atoms with van der Waals surface area (Å²) in [6, 6.07) is 7.56. The highest BCUT2D eigenvalue weighted by Gasteiger charge is 2.47. The van der Waals surface area contributed by atoms with E-state index < -0.39 is 5.54 Å². The molecule has 2 aliphatic heterocycles. The highest BCUT2D eigenvalue weighted by Crippen LogP contribution is 2.43. The average Bonchev–Trinajstić information content (AvgIpc) is 2.84. The van der Waals surface area contributed by atoms with E-state index in [1.165, 1.54) is 0 Å². The molecule has 0 radical (unpaired) electrons. The molecule has 3 rings (SSSR count). The standard InChI is InChI=1S/C19H23N3O2/c1-12-4-9-18-21-19(3,15-7-5-14(11-23)6-8-15)16(10-17(20)24)22(18)13(12)2/h4-9,16,23H,10-11H2,1-3H3,(H2,20,24). The third-order valence-corrected chi connectivity index (χ3v) is 5.08. The maximum Gasteiger partial charge on any atom is 0.219 e. The summed E-state index contributed by atoms with van der Waals surface area (Å²) in [5.41, 5.74) is 9.07. The maximum absolute atomic E-state index is 11.7. The average molecular weight is 325 g/mol. The second-order valence-corrected chi connectivity index (χ2v) is 6.63. The summed E-state index contributed by atoms with van der Waals surface area (Å²) < 4.78 is 0. The fraction of sp³-hybridized carbons (Fsp3) is 0.368. The molecule has 2 aliphatic rings. The summed E-state index contributed by atoms with van der Waals surface area (Å²) in [6.07, 6.45) is 4.26.